The molecule has 0 bridgehead atoms. The zero-order valence-corrected chi connectivity index (χ0v) is 21.7. The molecular formula is C31H37NO4. The Hall–Kier alpha value is -3.28. The lowest BCUT2D eigenvalue weighted by Crippen LogP contribution is -2.34. The van der Waals surface area contributed by atoms with Crippen LogP contribution in [-0.2, 0) is 0 Å². The summed E-state index contributed by atoms with van der Waals surface area (Å²) in [7, 11) is 1.67. The van der Waals surface area contributed by atoms with Crippen LogP contribution >= 0.6 is 0 Å². The second kappa shape index (κ2) is 11.6. The third-order valence-corrected chi connectivity index (χ3v) is 6.41. The van der Waals surface area contributed by atoms with Crippen molar-refractivity contribution in [1.29, 1.82) is 0 Å². The number of fused-ring (bicyclic) bond motifs is 1. The predicted molar refractivity (Wildman–Crippen MR) is 146 cm³/mol. The molecule has 5 nitrogen and oxygen atoms in total. The van der Waals surface area contributed by atoms with Crippen molar-refractivity contribution in [3.63, 3.8) is 0 Å². The molecule has 1 aliphatic rings. The van der Waals surface area contributed by atoms with Crippen molar-refractivity contribution in [2.75, 3.05) is 26.8 Å². The fourth-order valence-corrected chi connectivity index (χ4v) is 4.62. The highest BCUT2D eigenvalue weighted by atomic mass is 16.5. The number of nitrogens with one attached hydrogen (secondary N) is 1. The van der Waals surface area contributed by atoms with Gasteiger partial charge in [0.25, 0.3) is 0 Å². The molecule has 0 saturated heterocycles. The first-order valence-corrected chi connectivity index (χ1v) is 12.7. The number of aliphatic hydroxyl groups is 1. The Balaban J connectivity index is 1.65. The number of hydrogen-bond acceptors (Lipinski definition) is 5. The molecule has 190 valence electrons. The van der Waals surface area contributed by atoms with E-state index in [1.807, 2.05) is 30.3 Å². The second-order valence-corrected chi connectivity index (χ2v) is 9.64. The molecule has 0 aliphatic carbocycles. The van der Waals surface area contributed by atoms with Crippen molar-refractivity contribution < 1.29 is 19.3 Å². The Bertz CT molecular complexity index is 1170. The summed E-state index contributed by atoms with van der Waals surface area (Å²) < 4.78 is 17.9. The lowest BCUT2D eigenvalue weighted by atomic mass is 9.79. The van der Waals surface area contributed by atoms with Gasteiger partial charge in [-0.15, -0.1) is 0 Å². The molecule has 1 heterocycles. The van der Waals surface area contributed by atoms with Gasteiger partial charge in [0.1, 0.15) is 35.6 Å². The number of unbranched alkanes of at least 4 members (excludes halogenated alkanes) is 1. The van der Waals surface area contributed by atoms with E-state index in [4.69, 9.17) is 14.2 Å². The van der Waals surface area contributed by atoms with Crippen LogP contribution in [0.1, 0.15) is 50.3 Å². The van der Waals surface area contributed by atoms with E-state index in [9.17, 15) is 5.11 Å². The van der Waals surface area contributed by atoms with Crippen molar-refractivity contribution in [2.24, 2.45) is 0 Å². The normalized spacial score (nSPS) is 15.1. The van der Waals surface area contributed by atoms with E-state index in [1.54, 1.807) is 7.11 Å². The standard InChI is InChI=1S/C31H37NO4/c1-5-6-18-32-20-24(33)21-35-25-14-12-22(13-15-25)29-27-17-16-26(34-4)19-28(27)36-31(2,3)30(29)23-10-8-7-9-11-23/h7-17,19,24,32-33H,5-6,18,20-21H2,1-4H3. The Kier molecular flexibility index (Phi) is 8.34. The quantitative estimate of drug-likeness (QED) is 0.327. The molecule has 2 N–H and O–H groups in total. The minimum absolute atomic E-state index is 0.250. The van der Waals surface area contributed by atoms with Crippen LogP contribution in [0.5, 0.6) is 17.2 Å². The third kappa shape index (κ3) is 5.92. The lowest BCUT2D eigenvalue weighted by Gasteiger charge is -2.38. The first kappa shape index (κ1) is 25.8. The summed E-state index contributed by atoms with van der Waals surface area (Å²) in [6, 6.07) is 24.5. The summed E-state index contributed by atoms with van der Waals surface area (Å²) >= 11 is 0. The molecule has 3 aromatic rings. The van der Waals surface area contributed by atoms with E-state index in [1.165, 1.54) is 0 Å². The van der Waals surface area contributed by atoms with Crippen LogP contribution in [0, 0.1) is 0 Å². The SMILES string of the molecule is CCCCNCC(O)COc1ccc(C2=C(c3ccccc3)C(C)(C)Oc3cc(OC)ccc32)cc1. The number of rotatable bonds is 11. The van der Waals surface area contributed by atoms with Crippen LogP contribution in [-0.4, -0.2) is 43.6 Å². The van der Waals surface area contributed by atoms with Crippen LogP contribution in [0.25, 0.3) is 11.1 Å². The molecule has 1 aliphatic heterocycles. The van der Waals surface area contributed by atoms with E-state index in [0.29, 0.717) is 6.54 Å². The monoisotopic (exact) mass is 487 g/mol. The molecule has 0 amide bonds. The van der Waals surface area contributed by atoms with Crippen LogP contribution < -0.4 is 19.5 Å². The molecule has 1 unspecified atom stereocenters. The molecule has 0 spiro atoms. The van der Waals surface area contributed by atoms with E-state index in [0.717, 1.165) is 64.5 Å². The molecule has 3 aromatic carbocycles. The maximum absolute atomic E-state index is 10.2. The largest absolute Gasteiger partial charge is 0.497 e. The summed E-state index contributed by atoms with van der Waals surface area (Å²) in [5, 5.41) is 13.5. The van der Waals surface area contributed by atoms with Gasteiger partial charge in [-0.25, -0.2) is 0 Å². The molecular weight excluding hydrogens is 450 g/mol. The Morgan fingerprint density at radius 3 is 2.36 bits per heavy atom. The molecule has 1 atom stereocenters. The smallest absolute Gasteiger partial charge is 0.132 e. The summed E-state index contributed by atoms with van der Waals surface area (Å²) in [6.45, 7) is 8.05. The van der Waals surface area contributed by atoms with Gasteiger partial charge in [-0.05, 0) is 62.2 Å². The number of aliphatic hydroxyl groups excluding tert-OH is 1. The number of methoxy groups -OCH3 is 1. The highest BCUT2D eigenvalue weighted by Gasteiger charge is 2.36. The van der Waals surface area contributed by atoms with Gasteiger partial charge < -0.3 is 24.6 Å². The van der Waals surface area contributed by atoms with E-state index >= 15 is 0 Å². The molecule has 0 fully saturated rings. The maximum Gasteiger partial charge on any atom is 0.132 e. The molecule has 36 heavy (non-hydrogen) atoms. The van der Waals surface area contributed by atoms with Crippen molar-refractivity contribution >= 4 is 11.1 Å². The van der Waals surface area contributed by atoms with Crippen molar-refractivity contribution in [2.45, 2.75) is 45.3 Å². The van der Waals surface area contributed by atoms with Gasteiger partial charge in [-0.1, -0.05) is 55.8 Å². The van der Waals surface area contributed by atoms with Crippen molar-refractivity contribution in [3.8, 4) is 17.2 Å². The van der Waals surface area contributed by atoms with Gasteiger partial charge in [0.05, 0.1) is 7.11 Å². The maximum atomic E-state index is 10.2. The highest BCUT2D eigenvalue weighted by molar-refractivity contribution is 6.04. The summed E-state index contributed by atoms with van der Waals surface area (Å²) in [5.74, 6) is 2.29. The summed E-state index contributed by atoms with van der Waals surface area (Å²) in [6.07, 6.45) is 1.69. The van der Waals surface area contributed by atoms with E-state index in [2.05, 4.69) is 68.6 Å². The van der Waals surface area contributed by atoms with Crippen LogP contribution in [0.3, 0.4) is 0 Å². The van der Waals surface area contributed by atoms with Crippen LogP contribution in [0.4, 0.5) is 0 Å². The average Bonchev–Trinajstić information content (AvgIpc) is 2.89. The molecule has 4 rings (SSSR count). The zero-order chi connectivity index (χ0) is 25.5. The molecule has 0 saturated carbocycles. The van der Waals surface area contributed by atoms with Gasteiger partial charge in [0.2, 0.25) is 0 Å². The molecule has 0 aromatic heterocycles. The third-order valence-electron chi connectivity index (χ3n) is 6.41. The minimum Gasteiger partial charge on any atom is -0.497 e. The van der Waals surface area contributed by atoms with E-state index < -0.39 is 11.7 Å². The Morgan fingerprint density at radius 1 is 0.944 bits per heavy atom. The van der Waals surface area contributed by atoms with Gasteiger partial charge in [0, 0.05) is 29.3 Å². The fourth-order valence-electron chi connectivity index (χ4n) is 4.62. The lowest BCUT2D eigenvalue weighted by molar-refractivity contribution is 0.106. The summed E-state index contributed by atoms with van der Waals surface area (Å²) in [5.41, 5.74) is 4.92. The number of benzene rings is 3. The van der Waals surface area contributed by atoms with Crippen molar-refractivity contribution in [3.05, 3.63) is 89.5 Å². The van der Waals surface area contributed by atoms with Crippen LogP contribution in [0.2, 0.25) is 0 Å². The van der Waals surface area contributed by atoms with Gasteiger partial charge >= 0.3 is 0 Å². The molecule has 5 heteroatoms. The highest BCUT2D eigenvalue weighted by Crippen LogP contribution is 2.48. The number of ether oxygens (including phenoxy) is 3. The topological polar surface area (TPSA) is 60.0 Å². The van der Waals surface area contributed by atoms with Crippen molar-refractivity contribution in [1.82, 2.24) is 5.32 Å². The molecule has 0 radical (unpaired) electrons. The summed E-state index contributed by atoms with van der Waals surface area (Å²) in [4.78, 5) is 0. The Morgan fingerprint density at radius 2 is 1.67 bits per heavy atom. The van der Waals surface area contributed by atoms with Crippen LogP contribution in [0.15, 0.2) is 72.8 Å². The second-order valence-electron chi connectivity index (χ2n) is 9.64. The van der Waals surface area contributed by atoms with Gasteiger partial charge in [-0.2, -0.15) is 0 Å². The zero-order valence-electron chi connectivity index (χ0n) is 21.7. The first-order chi connectivity index (χ1) is 17.4. The predicted octanol–water partition coefficient (Wildman–Crippen LogP) is 5.95. The van der Waals surface area contributed by atoms with Gasteiger partial charge in [0.15, 0.2) is 0 Å². The first-order valence-electron chi connectivity index (χ1n) is 12.7. The van der Waals surface area contributed by atoms with E-state index in [-0.39, 0.29) is 6.61 Å². The average molecular weight is 488 g/mol. The fraction of sp³-hybridized carbons (Fsp3) is 0.355. The Labute approximate surface area is 214 Å². The number of hydrogen-bond donors (Lipinski definition) is 2. The van der Waals surface area contributed by atoms with Gasteiger partial charge in [-0.3, -0.25) is 0 Å². The minimum atomic E-state index is -0.555.